The molecule has 1 aromatic carbocycles. The molecule has 2 heterocycles. The van der Waals surface area contributed by atoms with Gasteiger partial charge in [0.05, 0.1) is 12.2 Å². The van der Waals surface area contributed by atoms with E-state index in [2.05, 4.69) is 10.3 Å². The van der Waals surface area contributed by atoms with Crippen molar-refractivity contribution >= 4 is 27.9 Å². The maximum atomic E-state index is 13.7. The molecule has 0 aliphatic rings. The maximum Gasteiger partial charge on any atom is 0.279 e. The van der Waals surface area contributed by atoms with Crippen LogP contribution in [0.1, 0.15) is 19.0 Å². The Kier molecular flexibility index (Phi) is 6.10. The van der Waals surface area contributed by atoms with E-state index in [1.54, 1.807) is 11.6 Å². The molecule has 0 saturated carbocycles. The van der Waals surface area contributed by atoms with Crippen LogP contribution in [0, 0.1) is 17.5 Å². The second kappa shape index (κ2) is 8.53. The molecule has 28 heavy (non-hydrogen) atoms. The van der Waals surface area contributed by atoms with Crippen molar-refractivity contribution in [2.24, 2.45) is 0 Å². The summed E-state index contributed by atoms with van der Waals surface area (Å²) < 4.78 is 41.5. The molecule has 0 aliphatic heterocycles. The normalized spacial score (nSPS) is 12.3. The first-order valence-corrected chi connectivity index (χ1v) is 9.49. The zero-order chi connectivity index (χ0) is 20.3. The molecule has 10 heteroatoms. The summed E-state index contributed by atoms with van der Waals surface area (Å²) in [6, 6.07) is 3.14. The average Bonchev–Trinajstić information content (AvgIpc) is 3.11. The van der Waals surface area contributed by atoms with Crippen LogP contribution >= 0.6 is 11.3 Å². The fourth-order valence-corrected chi connectivity index (χ4v) is 3.61. The lowest BCUT2D eigenvalue weighted by Crippen LogP contribution is -3.11. The summed E-state index contributed by atoms with van der Waals surface area (Å²) in [6.45, 7) is 2.83. The number of halogens is 3. The average molecular weight is 411 g/mol. The Hall–Kier alpha value is -2.72. The van der Waals surface area contributed by atoms with Crippen LogP contribution < -0.4 is 15.8 Å². The number of amides is 1. The van der Waals surface area contributed by atoms with Gasteiger partial charge in [-0.2, -0.15) is 0 Å². The predicted molar refractivity (Wildman–Crippen MR) is 99.0 cm³/mol. The summed E-state index contributed by atoms with van der Waals surface area (Å²) in [5, 5.41) is 4.02. The number of carbonyl (C=O) groups excluding carboxylic acids is 1. The fraction of sp³-hybridized carbons (Fsp3) is 0.278. The van der Waals surface area contributed by atoms with Gasteiger partial charge in [0, 0.05) is 17.6 Å². The molecule has 0 aliphatic carbocycles. The van der Waals surface area contributed by atoms with Crippen LogP contribution in [-0.4, -0.2) is 28.4 Å². The second-order valence-electron chi connectivity index (χ2n) is 6.27. The third-order valence-corrected chi connectivity index (χ3v) is 4.87. The van der Waals surface area contributed by atoms with Crippen molar-refractivity contribution in [3.63, 3.8) is 0 Å². The molecule has 0 bridgehead atoms. The number of hydrogen-bond donors (Lipinski definition) is 2. The number of quaternary nitrogens is 1. The summed E-state index contributed by atoms with van der Waals surface area (Å²) >= 11 is 1.33. The largest absolute Gasteiger partial charge is 0.322 e. The third kappa shape index (κ3) is 4.39. The number of carbonyl (C=O) groups is 1. The van der Waals surface area contributed by atoms with Gasteiger partial charge in [-0.3, -0.25) is 14.0 Å². The van der Waals surface area contributed by atoms with Crippen molar-refractivity contribution in [1.29, 1.82) is 0 Å². The van der Waals surface area contributed by atoms with Crippen LogP contribution in [0.4, 0.5) is 18.9 Å². The van der Waals surface area contributed by atoms with Gasteiger partial charge in [0.25, 0.3) is 11.5 Å². The van der Waals surface area contributed by atoms with Gasteiger partial charge in [-0.05, 0) is 18.6 Å². The molecule has 2 aromatic heterocycles. The molecule has 3 aromatic rings. The molecule has 1 amide bonds. The minimum absolute atomic E-state index is 0.0439. The number of benzene rings is 1. The summed E-state index contributed by atoms with van der Waals surface area (Å²) in [5.74, 6) is -4.95. The Morgan fingerprint density at radius 3 is 2.82 bits per heavy atom. The number of rotatable bonds is 7. The van der Waals surface area contributed by atoms with Crippen LogP contribution in [-0.2, 0) is 11.3 Å². The van der Waals surface area contributed by atoms with Crippen molar-refractivity contribution in [3.05, 3.63) is 63.3 Å². The van der Waals surface area contributed by atoms with E-state index in [1.165, 1.54) is 21.8 Å². The van der Waals surface area contributed by atoms with Gasteiger partial charge < -0.3 is 10.2 Å². The van der Waals surface area contributed by atoms with E-state index in [0.717, 1.165) is 23.5 Å². The van der Waals surface area contributed by atoms with Crippen LogP contribution in [0.5, 0.6) is 0 Å². The first-order valence-electron chi connectivity index (χ1n) is 8.61. The van der Waals surface area contributed by atoms with Crippen molar-refractivity contribution in [2.45, 2.75) is 19.9 Å². The third-order valence-electron chi connectivity index (χ3n) is 4.11. The highest BCUT2D eigenvalue weighted by molar-refractivity contribution is 7.15. The van der Waals surface area contributed by atoms with E-state index in [4.69, 9.17) is 0 Å². The zero-order valence-corrected chi connectivity index (χ0v) is 15.8. The highest BCUT2D eigenvalue weighted by atomic mass is 32.1. The Balaban J connectivity index is 1.72. The first kappa shape index (κ1) is 20.0. The molecule has 0 fully saturated rings. The monoisotopic (exact) mass is 411 g/mol. The van der Waals surface area contributed by atoms with Crippen molar-refractivity contribution in [2.75, 3.05) is 18.4 Å². The van der Waals surface area contributed by atoms with Gasteiger partial charge in [-0.1, -0.05) is 6.92 Å². The summed E-state index contributed by atoms with van der Waals surface area (Å²) in [6.07, 6.45) is 2.40. The van der Waals surface area contributed by atoms with E-state index in [-0.39, 0.29) is 12.1 Å². The smallest absolute Gasteiger partial charge is 0.279 e. The topological polar surface area (TPSA) is 67.9 Å². The van der Waals surface area contributed by atoms with Crippen LogP contribution in [0.15, 0.2) is 34.6 Å². The van der Waals surface area contributed by atoms with Gasteiger partial charge in [-0.15, -0.1) is 11.3 Å². The van der Waals surface area contributed by atoms with Crippen LogP contribution in [0.2, 0.25) is 0 Å². The number of aromatic nitrogens is 2. The van der Waals surface area contributed by atoms with Crippen LogP contribution in [0.25, 0.3) is 4.96 Å². The number of fused-ring (bicyclic) bond motifs is 1. The molecule has 6 nitrogen and oxygen atoms in total. The van der Waals surface area contributed by atoms with Gasteiger partial charge in [0.15, 0.2) is 29.0 Å². The van der Waals surface area contributed by atoms with Crippen molar-refractivity contribution in [1.82, 2.24) is 9.38 Å². The van der Waals surface area contributed by atoms with Gasteiger partial charge in [-0.25, -0.2) is 18.2 Å². The van der Waals surface area contributed by atoms with Gasteiger partial charge in [0.2, 0.25) is 0 Å². The fourth-order valence-electron chi connectivity index (χ4n) is 2.87. The molecule has 1 unspecified atom stereocenters. The highest BCUT2D eigenvalue weighted by Crippen LogP contribution is 2.19. The van der Waals surface area contributed by atoms with Crippen molar-refractivity contribution < 1.29 is 22.9 Å². The number of anilines is 1. The standard InChI is InChI=1S/C18H17F3N4O2S/c1-2-5-24(9-11-8-15(27)25-6-7-28-18(25)22-11)10-14(26)23-13-4-3-12(19)16(20)17(13)21/h3-4,6-8H,2,5,9-10H2,1H3,(H,23,26)/p+1. The molecule has 2 N–H and O–H groups in total. The minimum Gasteiger partial charge on any atom is -0.322 e. The number of thiazole rings is 1. The molecule has 1 atom stereocenters. The van der Waals surface area contributed by atoms with Crippen LogP contribution in [0.3, 0.4) is 0 Å². The molecular formula is C18H18F3N4O2S+. The first-order chi connectivity index (χ1) is 13.4. The van der Waals surface area contributed by atoms with E-state index in [0.29, 0.717) is 23.7 Å². The Morgan fingerprint density at radius 1 is 1.29 bits per heavy atom. The Bertz CT molecular complexity index is 1070. The Morgan fingerprint density at radius 2 is 2.07 bits per heavy atom. The van der Waals surface area contributed by atoms with Gasteiger partial charge in [0.1, 0.15) is 12.2 Å². The summed E-state index contributed by atoms with van der Waals surface area (Å²) in [4.78, 5) is 30.2. The number of nitrogens with zero attached hydrogens (tertiary/aromatic N) is 2. The minimum atomic E-state index is -1.63. The molecule has 0 spiro atoms. The summed E-state index contributed by atoms with van der Waals surface area (Å²) in [5.41, 5.74) is -0.0794. The Labute approximate surface area is 162 Å². The zero-order valence-electron chi connectivity index (χ0n) is 15.0. The predicted octanol–water partition coefficient (Wildman–Crippen LogP) is 1.61. The lowest BCUT2D eigenvalue weighted by Gasteiger charge is -2.18. The quantitative estimate of drug-likeness (QED) is 0.581. The second-order valence-corrected chi connectivity index (χ2v) is 7.14. The van der Waals surface area contributed by atoms with E-state index in [9.17, 15) is 22.8 Å². The SMILES string of the molecule is CCC[NH+](CC(=O)Nc1ccc(F)c(F)c1F)Cc1cc(=O)n2ccsc2n1. The summed E-state index contributed by atoms with van der Waals surface area (Å²) in [7, 11) is 0. The molecule has 0 saturated heterocycles. The molecule has 148 valence electrons. The molecular weight excluding hydrogens is 393 g/mol. The van der Waals surface area contributed by atoms with Crippen molar-refractivity contribution in [3.8, 4) is 0 Å². The molecule has 3 rings (SSSR count). The lowest BCUT2D eigenvalue weighted by atomic mass is 10.2. The van der Waals surface area contributed by atoms with E-state index in [1.807, 2.05) is 6.92 Å². The van der Waals surface area contributed by atoms with E-state index < -0.39 is 29.0 Å². The number of nitrogens with one attached hydrogen (secondary N) is 2. The van der Waals surface area contributed by atoms with E-state index >= 15 is 0 Å². The maximum absolute atomic E-state index is 13.7. The lowest BCUT2D eigenvalue weighted by molar-refractivity contribution is -0.906. The van der Waals surface area contributed by atoms with Gasteiger partial charge >= 0.3 is 0 Å². The highest BCUT2D eigenvalue weighted by Gasteiger charge is 2.19. The molecule has 0 radical (unpaired) electrons. The number of hydrogen-bond acceptors (Lipinski definition) is 4.